The average Bonchev–Trinajstić information content (AvgIpc) is 3.26. The number of benzene rings is 2. The fraction of sp³-hybridized carbons (Fsp3) is 0.552. The predicted molar refractivity (Wildman–Crippen MR) is 144 cm³/mol. The lowest BCUT2D eigenvalue weighted by atomic mass is 9.75. The van der Waals surface area contributed by atoms with E-state index in [4.69, 9.17) is 4.74 Å². The Morgan fingerprint density at radius 1 is 1.13 bits per heavy atom. The van der Waals surface area contributed by atoms with Gasteiger partial charge >= 0.3 is 21.5 Å². The Balaban J connectivity index is 1.80. The number of nitrogens with zero attached hydrogens (tertiary/aromatic N) is 1. The molecule has 4 rings (SSSR count). The number of esters is 1. The molecule has 10 heteroatoms. The molecule has 1 fully saturated rings. The minimum atomic E-state index is -5.62. The number of halogens is 3. The van der Waals surface area contributed by atoms with E-state index in [1.54, 1.807) is 19.1 Å². The van der Waals surface area contributed by atoms with E-state index in [1.807, 2.05) is 19.1 Å². The van der Waals surface area contributed by atoms with Crippen molar-refractivity contribution in [2.24, 2.45) is 17.8 Å². The first-order valence-electron chi connectivity index (χ1n) is 13.3. The van der Waals surface area contributed by atoms with Gasteiger partial charge in [-0.15, -0.1) is 0 Å². The van der Waals surface area contributed by atoms with Crippen molar-refractivity contribution in [3.8, 4) is 11.1 Å². The number of aliphatic hydroxyl groups is 1. The Hall–Kier alpha value is -2.59. The van der Waals surface area contributed by atoms with Gasteiger partial charge in [0.25, 0.3) is 0 Å². The van der Waals surface area contributed by atoms with Crippen molar-refractivity contribution in [2.45, 2.75) is 78.0 Å². The van der Waals surface area contributed by atoms with Crippen LogP contribution in [0.5, 0.6) is 0 Å². The number of alkyl halides is 3. The molecule has 39 heavy (non-hydrogen) atoms. The van der Waals surface area contributed by atoms with E-state index < -0.39 is 34.1 Å². The van der Waals surface area contributed by atoms with Gasteiger partial charge in [-0.3, -0.25) is 4.31 Å². The number of aryl methyl sites for hydroxylation is 2. The molecule has 2 aromatic carbocycles. The number of carbonyl (C=O) groups excluding carboxylic acids is 1. The summed E-state index contributed by atoms with van der Waals surface area (Å²) in [4.78, 5) is 13.4. The molecule has 1 aliphatic carbocycles. The van der Waals surface area contributed by atoms with E-state index in [-0.39, 0.29) is 29.7 Å². The zero-order valence-electron chi connectivity index (χ0n) is 22.9. The molecule has 0 bridgehead atoms. The highest BCUT2D eigenvalue weighted by Crippen LogP contribution is 2.46. The van der Waals surface area contributed by atoms with Gasteiger partial charge in [-0.05, 0) is 79.2 Å². The Bertz CT molecular complexity index is 1340. The number of anilines is 1. The second kappa shape index (κ2) is 10.8. The molecule has 0 aromatic heterocycles. The summed E-state index contributed by atoms with van der Waals surface area (Å²) < 4.78 is 71.4. The molecule has 4 atom stereocenters. The maximum atomic E-state index is 13.5. The van der Waals surface area contributed by atoms with Gasteiger partial charge in [0.1, 0.15) is 6.10 Å². The minimum absolute atomic E-state index is 0.00152. The molecule has 0 radical (unpaired) electrons. The molecular formula is C29H36F3NO5S. The lowest BCUT2D eigenvalue weighted by Crippen LogP contribution is -2.39. The van der Waals surface area contributed by atoms with E-state index in [0.29, 0.717) is 44.8 Å². The summed E-state index contributed by atoms with van der Waals surface area (Å²) in [5.41, 5.74) is -2.81. The number of rotatable bonds is 6. The maximum Gasteiger partial charge on any atom is 0.516 e. The molecule has 1 unspecified atom stereocenters. The summed E-state index contributed by atoms with van der Waals surface area (Å²) in [7, 11) is -5.62. The standard InChI is InChI=1S/C29H36F3NO5S/c1-16(2)21-11-8-18(4)14-24(21)38-28(35)27(34)25-19(5)15-23-22(26(25)20-9-6-17(3)7-10-20)12-13-33(23)39(36,37)29(30,31)32/h6-7,9-10,15-16,18,21,24,27,34H,8,11-14H2,1-5H3/t18-,21+,24-,27?/m1/s1. The van der Waals surface area contributed by atoms with Crippen LogP contribution in [-0.2, 0) is 26.0 Å². The van der Waals surface area contributed by atoms with Gasteiger partial charge in [0.05, 0.1) is 5.69 Å². The van der Waals surface area contributed by atoms with Gasteiger partial charge in [0, 0.05) is 12.1 Å². The summed E-state index contributed by atoms with van der Waals surface area (Å²) in [6.45, 7) is 9.31. The third-order valence-electron chi connectivity index (χ3n) is 8.14. The van der Waals surface area contributed by atoms with Crippen molar-refractivity contribution in [1.29, 1.82) is 0 Å². The van der Waals surface area contributed by atoms with Gasteiger partial charge < -0.3 is 9.84 Å². The molecule has 0 spiro atoms. The van der Waals surface area contributed by atoms with Crippen LogP contribution in [0.15, 0.2) is 30.3 Å². The Morgan fingerprint density at radius 3 is 2.36 bits per heavy atom. The first kappa shape index (κ1) is 29.4. The number of hydrogen-bond donors (Lipinski definition) is 1. The summed E-state index contributed by atoms with van der Waals surface area (Å²) in [5, 5.41) is 11.4. The fourth-order valence-electron chi connectivity index (χ4n) is 6.03. The fourth-order valence-corrected chi connectivity index (χ4v) is 7.03. The molecular weight excluding hydrogens is 531 g/mol. The van der Waals surface area contributed by atoms with Gasteiger partial charge in [0.2, 0.25) is 0 Å². The first-order valence-corrected chi connectivity index (χ1v) is 14.8. The van der Waals surface area contributed by atoms with Crippen LogP contribution in [0.1, 0.15) is 68.4 Å². The summed E-state index contributed by atoms with van der Waals surface area (Å²) in [6.07, 6.45) is 0.616. The quantitative estimate of drug-likeness (QED) is 0.419. The van der Waals surface area contributed by atoms with Gasteiger partial charge in [-0.2, -0.15) is 21.6 Å². The van der Waals surface area contributed by atoms with Crippen LogP contribution in [0.25, 0.3) is 11.1 Å². The van der Waals surface area contributed by atoms with E-state index in [1.165, 1.54) is 6.07 Å². The van der Waals surface area contributed by atoms with E-state index in [0.717, 1.165) is 18.4 Å². The maximum absolute atomic E-state index is 13.5. The molecule has 0 saturated heterocycles. The Labute approximate surface area is 228 Å². The van der Waals surface area contributed by atoms with Gasteiger partial charge in [0.15, 0.2) is 6.10 Å². The number of fused-ring (bicyclic) bond motifs is 1. The molecule has 214 valence electrons. The molecule has 2 aromatic rings. The van der Waals surface area contributed by atoms with Crippen molar-refractivity contribution in [3.63, 3.8) is 0 Å². The highest BCUT2D eigenvalue weighted by molar-refractivity contribution is 7.93. The largest absolute Gasteiger partial charge is 0.516 e. The number of ether oxygens (including phenoxy) is 1. The molecule has 1 aliphatic heterocycles. The predicted octanol–water partition coefficient (Wildman–Crippen LogP) is 6.22. The molecule has 1 N–H and O–H groups in total. The van der Waals surface area contributed by atoms with Crippen molar-refractivity contribution in [1.82, 2.24) is 0 Å². The lowest BCUT2D eigenvalue weighted by Gasteiger charge is -2.37. The van der Waals surface area contributed by atoms with Gasteiger partial charge in [-0.25, -0.2) is 4.79 Å². The van der Waals surface area contributed by atoms with E-state index in [9.17, 15) is 31.5 Å². The smallest absolute Gasteiger partial charge is 0.460 e. The average molecular weight is 568 g/mol. The lowest BCUT2D eigenvalue weighted by molar-refractivity contribution is -0.166. The normalized spacial score (nSPS) is 22.6. The summed E-state index contributed by atoms with van der Waals surface area (Å²) in [5.74, 6) is 0.0188. The zero-order chi connectivity index (χ0) is 28.9. The second-order valence-corrected chi connectivity index (χ2v) is 13.2. The SMILES string of the molecule is Cc1ccc(-c2c3c(cc(C)c2C(O)C(=O)O[C@@H]2C[C@H](C)CC[C@H]2C(C)C)N(S(=O)(=O)C(F)(F)F)CC3)cc1. The number of hydrogen-bond acceptors (Lipinski definition) is 5. The van der Waals surface area contributed by atoms with Crippen molar-refractivity contribution in [2.75, 3.05) is 10.8 Å². The number of aliphatic hydroxyl groups excluding tert-OH is 1. The van der Waals surface area contributed by atoms with Crippen LogP contribution < -0.4 is 4.31 Å². The molecule has 2 aliphatic rings. The second-order valence-electron chi connectivity index (χ2n) is 11.3. The monoisotopic (exact) mass is 567 g/mol. The van der Waals surface area contributed by atoms with Gasteiger partial charge in [-0.1, -0.05) is 57.0 Å². The summed E-state index contributed by atoms with van der Waals surface area (Å²) >= 11 is 0. The number of carbonyl (C=O) groups is 1. The van der Waals surface area contributed by atoms with Crippen molar-refractivity contribution < 1.29 is 36.2 Å². The zero-order valence-corrected chi connectivity index (χ0v) is 23.7. The first-order chi connectivity index (χ1) is 18.1. The molecule has 1 saturated carbocycles. The minimum Gasteiger partial charge on any atom is -0.460 e. The topological polar surface area (TPSA) is 83.9 Å². The van der Waals surface area contributed by atoms with Crippen LogP contribution in [0.4, 0.5) is 18.9 Å². The third-order valence-corrected chi connectivity index (χ3v) is 9.68. The molecule has 6 nitrogen and oxygen atoms in total. The Kier molecular flexibility index (Phi) is 8.11. The van der Waals surface area contributed by atoms with Crippen LogP contribution >= 0.6 is 0 Å². The Morgan fingerprint density at radius 2 is 1.77 bits per heavy atom. The van der Waals surface area contributed by atoms with Crippen LogP contribution in [-0.4, -0.2) is 37.7 Å². The van der Waals surface area contributed by atoms with E-state index in [2.05, 4.69) is 20.8 Å². The van der Waals surface area contributed by atoms with Crippen molar-refractivity contribution >= 4 is 21.7 Å². The van der Waals surface area contributed by atoms with E-state index >= 15 is 0 Å². The van der Waals surface area contributed by atoms with Crippen LogP contribution in [0, 0.1) is 31.6 Å². The van der Waals surface area contributed by atoms with Crippen LogP contribution in [0.3, 0.4) is 0 Å². The summed E-state index contributed by atoms with van der Waals surface area (Å²) in [6, 6.07) is 8.45. The molecule has 1 heterocycles. The highest BCUT2D eigenvalue weighted by atomic mass is 32.2. The highest BCUT2D eigenvalue weighted by Gasteiger charge is 2.52. The van der Waals surface area contributed by atoms with Crippen LogP contribution in [0.2, 0.25) is 0 Å². The third kappa shape index (κ3) is 5.55. The van der Waals surface area contributed by atoms with Crippen molar-refractivity contribution in [3.05, 3.63) is 52.6 Å². The number of sulfonamides is 1. The molecule has 0 amide bonds.